The summed E-state index contributed by atoms with van der Waals surface area (Å²) in [5.74, 6) is -5.57. The molecule has 3 aromatic rings. The molecular weight excluding hydrogens is 378 g/mol. The highest BCUT2D eigenvalue weighted by atomic mass is 19.2. The number of anilines is 2. The minimum absolute atomic E-state index is 0.00561. The summed E-state index contributed by atoms with van der Waals surface area (Å²) in [6.45, 7) is 0. The average molecular weight is 389 g/mol. The first-order chi connectivity index (χ1) is 13.3. The number of hydrogen-bond acceptors (Lipinski definition) is 3. The maximum atomic E-state index is 13.6. The molecule has 3 rings (SSSR count). The van der Waals surface area contributed by atoms with Crippen molar-refractivity contribution in [3.05, 3.63) is 89.3 Å². The molecule has 28 heavy (non-hydrogen) atoms. The molecule has 5 nitrogen and oxygen atoms in total. The Morgan fingerprint density at radius 2 is 1.39 bits per heavy atom. The van der Waals surface area contributed by atoms with Crippen LogP contribution in [0.5, 0.6) is 0 Å². The largest absolute Gasteiger partial charge is 0.321 e. The predicted molar refractivity (Wildman–Crippen MR) is 92.9 cm³/mol. The molecule has 0 saturated heterocycles. The fraction of sp³-hybridized carbons (Fsp3) is 0. The summed E-state index contributed by atoms with van der Waals surface area (Å²) >= 11 is 0. The van der Waals surface area contributed by atoms with Crippen molar-refractivity contribution >= 4 is 23.2 Å². The van der Waals surface area contributed by atoms with Crippen LogP contribution in [0.1, 0.15) is 21.0 Å². The molecule has 1 aromatic heterocycles. The van der Waals surface area contributed by atoms with Crippen molar-refractivity contribution in [2.24, 2.45) is 0 Å². The highest BCUT2D eigenvalue weighted by molar-refractivity contribution is 6.06. The molecule has 0 atom stereocenters. The van der Waals surface area contributed by atoms with Crippen LogP contribution >= 0.6 is 0 Å². The summed E-state index contributed by atoms with van der Waals surface area (Å²) in [5, 5.41) is 4.53. The van der Waals surface area contributed by atoms with Crippen molar-refractivity contribution < 1.29 is 27.2 Å². The van der Waals surface area contributed by atoms with E-state index in [9.17, 15) is 27.2 Å². The van der Waals surface area contributed by atoms with Crippen LogP contribution in [0, 0.1) is 23.3 Å². The highest BCUT2D eigenvalue weighted by Crippen LogP contribution is 2.17. The van der Waals surface area contributed by atoms with Crippen LogP contribution < -0.4 is 10.6 Å². The van der Waals surface area contributed by atoms with Crippen LogP contribution in [0.4, 0.5) is 28.9 Å². The Labute approximate surface area is 156 Å². The van der Waals surface area contributed by atoms with E-state index in [4.69, 9.17) is 0 Å². The van der Waals surface area contributed by atoms with Crippen LogP contribution in [0.2, 0.25) is 0 Å². The number of carbonyl (C=O) groups excluding carboxylic acids is 2. The van der Waals surface area contributed by atoms with Crippen molar-refractivity contribution in [2.45, 2.75) is 0 Å². The first-order valence-corrected chi connectivity index (χ1v) is 7.83. The van der Waals surface area contributed by atoms with Crippen molar-refractivity contribution in [1.82, 2.24) is 4.98 Å². The zero-order valence-corrected chi connectivity index (χ0v) is 14.0. The van der Waals surface area contributed by atoms with Crippen LogP contribution in [-0.4, -0.2) is 16.8 Å². The first kappa shape index (κ1) is 19.0. The van der Waals surface area contributed by atoms with Gasteiger partial charge >= 0.3 is 0 Å². The van der Waals surface area contributed by atoms with Gasteiger partial charge in [0, 0.05) is 17.8 Å². The number of aromatic nitrogens is 1. The van der Waals surface area contributed by atoms with E-state index < -0.39 is 35.1 Å². The Balaban J connectivity index is 1.76. The van der Waals surface area contributed by atoms with Gasteiger partial charge in [-0.3, -0.25) is 9.59 Å². The number of hydrogen-bond donors (Lipinski definition) is 2. The third-order valence-electron chi connectivity index (χ3n) is 3.57. The van der Waals surface area contributed by atoms with Crippen molar-refractivity contribution in [3.8, 4) is 0 Å². The number of amides is 2. The van der Waals surface area contributed by atoms with Gasteiger partial charge < -0.3 is 10.6 Å². The molecule has 2 amide bonds. The van der Waals surface area contributed by atoms with E-state index >= 15 is 0 Å². The molecule has 9 heteroatoms. The topological polar surface area (TPSA) is 71.1 Å². The lowest BCUT2D eigenvalue weighted by atomic mass is 10.2. The van der Waals surface area contributed by atoms with Crippen LogP contribution in [0.3, 0.4) is 0 Å². The van der Waals surface area contributed by atoms with Crippen molar-refractivity contribution in [1.29, 1.82) is 0 Å². The van der Waals surface area contributed by atoms with Crippen LogP contribution in [-0.2, 0) is 0 Å². The molecular formula is C19H11F4N3O2. The average Bonchev–Trinajstić information content (AvgIpc) is 2.67. The van der Waals surface area contributed by atoms with Gasteiger partial charge in [-0.25, -0.2) is 22.5 Å². The predicted octanol–water partition coefficient (Wildman–Crippen LogP) is 4.14. The number of nitrogens with zero attached hydrogens (tertiary/aromatic N) is 1. The second kappa shape index (κ2) is 7.87. The summed E-state index contributed by atoms with van der Waals surface area (Å²) in [7, 11) is 0. The summed E-state index contributed by atoms with van der Waals surface area (Å²) in [6.07, 6.45) is 0. The molecule has 0 fully saturated rings. The maximum absolute atomic E-state index is 13.6. The number of pyridine rings is 1. The summed E-state index contributed by atoms with van der Waals surface area (Å²) < 4.78 is 52.7. The van der Waals surface area contributed by atoms with Gasteiger partial charge in [0.1, 0.15) is 23.0 Å². The molecule has 0 aliphatic heterocycles. The van der Waals surface area contributed by atoms with Gasteiger partial charge in [0.2, 0.25) is 0 Å². The Hall–Kier alpha value is -3.75. The third kappa shape index (κ3) is 4.32. The molecule has 0 unspecified atom stereocenters. The summed E-state index contributed by atoms with van der Waals surface area (Å²) in [5.41, 5.74) is -0.655. The second-order valence-electron chi connectivity index (χ2n) is 5.57. The lowest BCUT2D eigenvalue weighted by Gasteiger charge is -2.08. The molecule has 2 aromatic carbocycles. The van der Waals surface area contributed by atoms with E-state index in [-0.39, 0.29) is 22.8 Å². The van der Waals surface area contributed by atoms with E-state index in [0.717, 1.165) is 30.3 Å². The minimum atomic E-state index is -1.14. The zero-order valence-electron chi connectivity index (χ0n) is 14.0. The van der Waals surface area contributed by atoms with Gasteiger partial charge in [0.25, 0.3) is 11.8 Å². The molecule has 0 aliphatic carbocycles. The number of carbonyl (C=O) groups is 2. The van der Waals surface area contributed by atoms with Gasteiger partial charge in [-0.1, -0.05) is 6.07 Å². The molecule has 2 N–H and O–H groups in total. The van der Waals surface area contributed by atoms with E-state index in [2.05, 4.69) is 15.6 Å². The second-order valence-corrected chi connectivity index (χ2v) is 5.57. The number of halogens is 4. The molecule has 142 valence electrons. The standard InChI is InChI=1S/C19H11F4N3O2/c20-10-4-7-15(14(23)8-10)26-19(28)17-3-1-2-16(25-17)18(27)24-11-5-6-12(21)13(22)9-11/h1-9H,(H,24,27)(H,26,28). The molecule has 0 bridgehead atoms. The van der Waals surface area contributed by atoms with Gasteiger partial charge in [-0.2, -0.15) is 0 Å². The number of rotatable bonds is 4. The normalized spacial score (nSPS) is 10.4. The molecule has 0 spiro atoms. The van der Waals surface area contributed by atoms with E-state index in [1.807, 2.05) is 0 Å². The van der Waals surface area contributed by atoms with E-state index in [1.165, 1.54) is 18.2 Å². The fourth-order valence-corrected chi connectivity index (χ4v) is 2.23. The van der Waals surface area contributed by atoms with Crippen molar-refractivity contribution in [3.63, 3.8) is 0 Å². The molecule has 0 aliphatic rings. The lowest BCUT2D eigenvalue weighted by molar-refractivity contribution is 0.101. The SMILES string of the molecule is O=C(Nc1ccc(F)c(F)c1)c1cccc(C(=O)Nc2ccc(F)cc2F)n1. The van der Waals surface area contributed by atoms with Gasteiger partial charge in [0.05, 0.1) is 5.69 Å². The fourth-order valence-electron chi connectivity index (χ4n) is 2.23. The quantitative estimate of drug-likeness (QED) is 0.659. The summed E-state index contributed by atoms with van der Waals surface area (Å²) in [4.78, 5) is 28.3. The maximum Gasteiger partial charge on any atom is 0.274 e. The minimum Gasteiger partial charge on any atom is -0.321 e. The Bertz CT molecular complexity index is 1070. The third-order valence-corrected chi connectivity index (χ3v) is 3.57. The lowest BCUT2D eigenvalue weighted by Crippen LogP contribution is -2.19. The van der Waals surface area contributed by atoms with Gasteiger partial charge in [-0.05, 0) is 36.4 Å². The Morgan fingerprint density at radius 1 is 0.714 bits per heavy atom. The Morgan fingerprint density at radius 3 is 2.04 bits per heavy atom. The van der Waals surface area contributed by atoms with E-state index in [0.29, 0.717) is 6.07 Å². The number of nitrogens with one attached hydrogen (secondary N) is 2. The summed E-state index contributed by atoms with van der Waals surface area (Å²) in [6, 6.07) is 9.36. The monoisotopic (exact) mass is 389 g/mol. The van der Waals surface area contributed by atoms with E-state index in [1.54, 1.807) is 0 Å². The van der Waals surface area contributed by atoms with Gasteiger partial charge in [0.15, 0.2) is 11.6 Å². The van der Waals surface area contributed by atoms with Crippen molar-refractivity contribution in [2.75, 3.05) is 10.6 Å². The Kier molecular flexibility index (Phi) is 5.35. The highest BCUT2D eigenvalue weighted by Gasteiger charge is 2.15. The van der Waals surface area contributed by atoms with Crippen LogP contribution in [0.25, 0.3) is 0 Å². The van der Waals surface area contributed by atoms with Gasteiger partial charge in [-0.15, -0.1) is 0 Å². The first-order valence-electron chi connectivity index (χ1n) is 7.83. The van der Waals surface area contributed by atoms with Crippen LogP contribution in [0.15, 0.2) is 54.6 Å². The molecule has 1 heterocycles. The number of benzene rings is 2. The zero-order chi connectivity index (χ0) is 20.3. The molecule has 0 saturated carbocycles. The molecule has 0 radical (unpaired) electrons. The smallest absolute Gasteiger partial charge is 0.274 e.